The van der Waals surface area contributed by atoms with E-state index in [-0.39, 0.29) is 5.69 Å². The van der Waals surface area contributed by atoms with Gasteiger partial charge in [0.1, 0.15) is 0 Å². The van der Waals surface area contributed by atoms with Crippen LogP contribution in [0.3, 0.4) is 0 Å². The van der Waals surface area contributed by atoms with E-state index in [1.807, 2.05) is 7.05 Å². The van der Waals surface area contributed by atoms with E-state index in [1.165, 1.54) is 6.07 Å². The maximum atomic E-state index is 10.9. The molecular weight excluding hydrogens is 232 g/mol. The highest BCUT2D eigenvalue weighted by Crippen LogP contribution is 2.28. The Bertz CT molecular complexity index is 407. The van der Waals surface area contributed by atoms with Crippen molar-refractivity contribution in [1.82, 2.24) is 5.32 Å². The number of rotatable bonds is 7. The van der Waals surface area contributed by atoms with Crippen LogP contribution in [0.5, 0.6) is 5.75 Å². The first-order valence-electron chi connectivity index (χ1n) is 6.13. The number of nitro benzene ring substituents is 1. The molecule has 1 atom stereocenters. The molecule has 1 unspecified atom stereocenters. The van der Waals surface area contributed by atoms with Crippen molar-refractivity contribution >= 4 is 5.69 Å². The molecule has 5 heteroatoms. The van der Waals surface area contributed by atoms with Crippen LogP contribution in [-0.4, -0.2) is 18.6 Å². The average molecular weight is 252 g/mol. The molecule has 0 aliphatic carbocycles. The molecule has 0 radical (unpaired) electrons. The van der Waals surface area contributed by atoms with Crippen molar-refractivity contribution in [2.75, 3.05) is 13.7 Å². The summed E-state index contributed by atoms with van der Waals surface area (Å²) in [5.74, 6) is 0.741. The second-order valence-corrected chi connectivity index (χ2v) is 4.41. The predicted octanol–water partition coefficient (Wildman–Crippen LogP) is 2.74. The second-order valence-electron chi connectivity index (χ2n) is 4.41. The largest absolute Gasteiger partial charge is 0.487 e. The lowest BCUT2D eigenvalue weighted by Crippen LogP contribution is -2.10. The molecule has 0 saturated carbocycles. The van der Waals surface area contributed by atoms with Gasteiger partial charge in [-0.1, -0.05) is 26.3 Å². The molecule has 1 N–H and O–H groups in total. The van der Waals surface area contributed by atoms with E-state index in [4.69, 9.17) is 4.74 Å². The third-order valence-electron chi connectivity index (χ3n) is 2.82. The molecule has 1 aromatic rings. The first-order valence-corrected chi connectivity index (χ1v) is 6.13. The molecule has 0 aliphatic rings. The molecule has 0 aromatic heterocycles. The van der Waals surface area contributed by atoms with Gasteiger partial charge in [-0.05, 0) is 24.6 Å². The Kier molecular flexibility index (Phi) is 5.58. The van der Waals surface area contributed by atoms with Crippen molar-refractivity contribution in [1.29, 1.82) is 0 Å². The van der Waals surface area contributed by atoms with Gasteiger partial charge in [0.25, 0.3) is 0 Å². The van der Waals surface area contributed by atoms with Crippen LogP contribution in [0.2, 0.25) is 0 Å². The van der Waals surface area contributed by atoms with E-state index in [9.17, 15) is 10.1 Å². The van der Waals surface area contributed by atoms with Gasteiger partial charge in [-0.15, -0.1) is 0 Å². The third kappa shape index (κ3) is 4.00. The van der Waals surface area contributed by atoms with Crippen LogP contribution in [0.1, 0.15) is 25.8 Å². The molecule has 0 fully saturated rings. The number of ether oxygens (including phenoxy) is 1. The van der Waals surface area contributed by atoms with Gasteiger partial charge in [-0.25, -0.2) is 0 Å². The van der Waals surface area contributed by atoms with Crippen molar-refractivity contribution in [3.63, 3.8) is 0 Å². The minimum absolute atomic E-state index is 0.0261. The molecule has 0 aliphatic heterocycles. The zero-order valence-corrected chi connectivity index (χ0v) is 11.1. The molecule has 1 aromatic carbocycles. The standard InChI is InChI=1S/C13H20N2O3/c1-4-10(2)9-18-13-7-11(8-14-3)5-6-12(13)15(16)17/h5-7,10,14H,4,8-9H2,1-3H3. The van der Waals surface area contributed by atoms with E-state index < -0.39 is 4.92 Å². The molecule has 0 heterocycles. The summed E-state index contributed by atoms with van der Waals surface area (Å²) in [6.07, 6.45) is 0.990. The second kappa shape index (κ2) is 6.96. The van der Waals surface area contributed by atoms with Gasteiger partial charge in [0, 0.05) is 12.6 Å². The van der Waals surface area contributed by atoms with E-state index in [0.717, 1.165) is 12.0 Å². The zero-order chi connectivity index (χ0) is 13.5. The lowest BCUT2D eigenvalue weighted by atomic mass is 10.1. The normalized spacial score (nSPS) is 12.2. The topological polar surface area (TPSA) is 64.4 Å². The molecule has 0 bridgehead atoms. The van der Waals surface area contributed by atoms with Crippen molar-refractivity contribution < 1.29 is 9.66 Å². The van der Waals surface area contributed by atoms with Crippen LogP contribution in [0.25, 0.3) is 0 Å². The number of nitrogens with zero attached hydrogens (tertiary/aromatic N) is 1. The number of nitro groups is 1. The van der Waals surface area contributed by atoms with Gasteiger partial charge in [-0.3, -0.25) is 10.1 Å². The summed E-state index contributed by atoms with van der Waals surface area (Å²) in [5, 5.41) is 13.9. The van der Waals surface area contributed by atoms with Crippen molar-refractivity contribution in [3.05, 3.63) is 33.9 Å². The lowest BCUT2D eigenvalue weighted by Gasteiger charge is -2.12. The first-order chi connectivity index (χ1) is 8.58. The SMILES string of the molecule is CCC(C)COc1cc(CNC)ccc1[N+](=O)[O-]. The molecular formula is C13H20N2O3. The van der Waals surface area contributed by atoms with Crippen molar-refractivity contribution in [2.45, 2.75) is 26.8 Å². The summed E-state index contributed by atoms with van der Waals surface area (Å²) in [5.41, 5.74) is 1.00. The lowest BCUT2D eigenvalue weighted by molar-refractivity contribution is -0.385. The summed E-state index contributed by atoms with van der Waals surface area (Å²) >= 11 is 0. The van der Waals surface area contributed by atoms with Gasteiger partial charge in [0.05, 0.1) is 11.5 Å². The summed E-state index contributed by atoms with van der Waals surface area (Å²) in [7, 11) is 1.83. The van der Waals surface area contributed by atoms with Crippen molar-refractivity contribution in [3.8, 4) is 5.75 Å². The Morgan fingerprint density at radius 3 is 2.78 bits per heavy atom. The molecule has 100 valence electrons. The number of hydrogen-bond acceptors (Lipinski definition) is 4. The number of benzene rings is 1. The monoisotopic (exact) mass is 252 g/mol. The summed E-state index contributed by atoms with van der Waals surface area (Å²) in [6, 6.07) is 4.97. The molecule has 5 nitrogen and oxygen atoms in total. The Balaban J connectivity index is 2.89. The Labute approximate surface area is 107 Å². The van der Waals surface area contributed by atoms with Gasteiger partial charge < -0.3 is 10.1 Å². The minimum atomic E-state index is -0.408. The molecule has 18 heavy (non-hydrogen) atoms. The van der Waals surface area contributed by atoms with Gasteiger partial charge in [0.2, 0.25) is 0 Å². The summed E-state index contributed by atoms with van der Waals surface area (Å²) in [6.45, 7) is 5.29. The van der Waals surface area contributed by atoms with Crippen LogP contribution >= 0.6 is 0 Å². The molecule has 1 rings (SSSR count). The maximum Gasteiger partial charge on any atom is 0.310 e. The molecule has 0 saturated heterocycles. The van der Waals surface area contributed by atoms with Crippen LogP contribution in [0, 0.1) is 16.0 Å². The van der Waals surface area contributed by atoms with Crippen LogP contribution in [-0.2, 0) is 6.54 Å². The zero-order valence-electron chi connectivity index (χ0n) is 11.1. The highest BCUT2D eigenvalue weighted by Gasteiger charge is 2.16. The van der Waals surface area contributed by atoms with Gasteiger partial charge >= 0.3 is 5.69 Å². The fourth-order valence-corrected chi connectivity index (χ4v) is 1.49. The molecule has 0 spiro atoms. The van der Waals surface area contributed by atoms with E-state index in [2.05, 4.69) is 19.2 Å². The fourth-order valence-electron chi connectivity index (χ4n) is 1.49. The van der Waals surface area contributed by atoms with Crippen LogP contribution in [0.4, 0.5) is 5.69 Å². The summed E-state index contributed by atoms with van der Waals surface area (Å²) in [4.78, 5) is 10.5. The fraction of sp³-hybridized carbons (Fsp3) is 0.538. The van der Waals surface area contributed by atoms with Crippen LogP contribution in [0.15, 0.2) is 18.2 Å². The molecule has 0 amide bonds. The number of nitrogens with one attached hydrogen (secondary N) is 1. The van der Waals surface area contributed by atoms with E-state index >= 15 is 0 Å². The number of hydrogen-bond donors (Lipinski definition) is 1. The highest BCUT2D eigenvalue weighted by atomic mass is 16.6. The average Bonchev–Trinajstić information content (AvgIpc) is 2.36. The quantitative estimate of drug-likeness (QED) is 0.598. The first kappa shape index (κ1) is 14.4. The Morgan fingerprint density at radius 1 is 1.50 bits per heavy atom. The predicted molar refractivity (Wildman–Crippen MR) is 70.8 cm³/mol. The maximum absolute atomic E-state index is 10.9. The van der Waals surface area contributed by atoms with Gasteiger partial charge in [-0.2, -0.15) is 0 Å². The summed E-state index contributed by atoms with van der Waals surface area (Å²) < 4.78 is 5.57. The Morgan fingerprint density at radius 2 is 2.22 bits per heavy atom. The van der Waals surface area contributed by atoms with Crippen LogP contribution < -0.4 is 10.1 Å². The van der Waals surface area contributed by atoms with Gasteiger partial charge in [0.15, 0.2) is 5.75 Å². The van der Waals surface area contributed by atoms with E-state index in [0.29, 0.717) is 24.8 Å². The minimum Gasteiger partial charge on any atom is -0.487 e. The Hall–Kier alpha value is -1.62. The smallest absolute Gasteiger partial charge is 0.310 e. The van der Waals surface area contributed by atoms with Crippen molar-refractivity contribution in [2.24, 2.45) is 5.92 Å². The highest BCUT2D eigenvalue weighted by molar-refractivity contribution is 5.48. The van der Waals surface area contributed by atoms with E-state index in [1.54, 1.807) is 12.1 Å². The third-order valence-corrected chi connectivity index (χ3v) is 2.82.